The number of rotatable bonds is 5. The van der Waals surface area contributed by atoms with E-state index >= 15 is 0 Å². The topological polar surface area (TPSA) is 95.9 Å². The van der Waals surface area contributed by atoms with E-state index in [1.165, 1.54) is 30.3 Å². The molecule has 4 amide bonds. The maximum atomic E-state index is 13.2. The number of urea groups is 1. The third kappa shape index (κ3) is 4.77. The summed E-state index contributed by atoms with van der Waals surface area (Å²) in [5.41, 5.74) is 2.43. The van der Waals surface area contributed by atoms with E-state index < -0.39 is 17.8 Å². The van der Waals surface area contributed by atoms with Crippen molar-refractivity contribution in [2.24, 2.45) is 0 Å². The summed E-state index contributed by atoms with van der Waals surface area (Å²) in [6.07, 6.45) is 1.36. The van der Waals surface area contributed by atoms with Crippen molar-refractivity contribution in [2.75, 3.05) is 4.90 Å². The zero-order chi connectivity index (χ0) is 26.1. The number of carbonyl (C=O) groups excluding carboxylic acids is 3. The lowest BCUT2D eigenvalue weighted by atomic mass is 10.0. The lowest BCUT2D eigenvalue weighted by molar-refractivity contribution is -0.122. The number of nitrogens with zero attached hydrogens (tertiary/aromatic N) is 1. The van der Waals surface area contributed by atoms with Crippen molar-refractivity contribution in [2.45, 2.75) is 13.5 Å². The second-order valence-corrected chi connectivity index (χ2v) is 8.96. The molecule has 37 heavy (non-hydrogen) atoms. The molecule has 4 aromatic carbocycles. The van der Waals surface area contributed by atoms with Gasteiger partial charge in [0.15, 0.2) is 0 Å². The van der Waals surface area contributed by atoms with Gasteiger partial charge in [0.25, 0.3) is 11.8 Å². The number of amides is 4. The number of imide groups is 2. The van der Waals surface area contributed by atoms with E-state index in [1.807, 2.05) is 37.3 Å². The van der Waals surface area contributed by atoms with Crippen LogP contribution in [-0.4, -0.2) is 23.0 Å². The first-order valence-corrected chi connectivity index (χ1v) is 11.8. The molecule has 4 aromatic rings. The molecule has 0 radical (unpaired) electrons. The van der Waals surface area contributed by atoms with E-state index in [-0.39, 0.29) is 23.6 Å². The number of ether oxygens (including phenoxy) is 1. The SMILES string of the molecule is Cc1ccc2ccccc2c1COc1ccc(Cl)cc1/C=C1\C(=O)NC(=O)N(c2ccc(O)cc2)C1=O. The van der Waals surface area contributed by atoms with Crippen LogP contribution in [-0.2, 0) is 16.2 Å². The highest BCUT2D eigenvalue weighted by atomic mass is 35.5. The van der Waals surface area contributed by atoms with Gasteiger partial charge in [0, 0.05) is 16.1 Å². The highest BCUT2D eigenvalue weighted by Gasteiger charge is 2.37. The molecule has 0 aliphatic carbocycles. The third-order valence-electron chi connectivity index (χ3n) is 6.13. The van der Waals surface area contributed by atoms with E-state index in [0.29, 0.717) is 16.3 Å². The largest absolute Gasteiger partial charge is 0.508 e. The number of aromatic hydroxyl groups is 1. The smallest absolute Gasteiger partial charge is 0.335 e. The standard InChI is InChI=1S/C29H21ClN2O5/c1-17-6-7-18-4-2-3-5-23(18)25(17)16-37-26-13-8-20(30)14-19(26)15-24-27(34)31-29(36)32(28(24)35)21-9-11-22(33)12-10-21/h2-15,33H,16H2,1H3,(H,31,34,36)/b24-15+. The summed E-state index contributed by atoms with van der Waals surface area (Å²) >= 11 is 6.23. The van der Waals surface area contributed by atoms with Crippen molar-refractivity contribution in [1.29, 1.82) is 0 Å². The molecule has 0 atom stereocenters. The molecule has 5 rings (SSSR count). The summed E-state index contributed by atoms with van der Waals surface area (Å²) in [7, 11) is 0. The van der Waals surface area contributed by atoms with Crippen molar-refractivity contribution in [3.05, 3.63) is 106 Å². The summed E-state index contributed by atoms with van der Waals surface area (Å²) in [6, 6.07) is 21.6. The van der Waals surface area contributed by atoms with Crippen LogP contribution in [0.25, 0.3) is 16.8 Å². The number of barbiturate groups is 1. The Morgan fingerprint density at radius 3 is 2.51 bits per heavy atom. The molecule has 1 fully saturated rings. The summed E-state index contributed by atoms with van der Waals surface area (Å²) in [4.78, 5) is 39.2. The Hall–Kier alpha value is -4.62. The molecule has 0 spiro atoms. The third-order valence-corrected chi connectivity index (χ3v) is 6.36. The fourth-order valence-corrected chi connectivity index (χ4v) is 4.38. The molecule has 1 saturated heterocycles. The fraction of sp³-hybridized carbons (Fsp3) is 0.0690. The fourth-order valence-electron chi connectivity index (χ4n) is 4.20. The van der Waals surface area contributed by atoms with Crippen LogP contribution < -0.4 is 15.0 Å². The van der Waals surface area contributed by atoms with Gasteiger partial charge >= 0.3 is 6.03 Å². The average molecular weight is 513 g/mol. The lowest BCUT2D eigenvalue weighted by Gasteiger charge is -2.26. The number of aryl methyl sites for hydroxylation is 1. The second-order valence-electron chi connectivity index (χ2n) is 8.53. The molecule has 2 N–H and O–H groups in total. The number of nitrogens with one attached hydrogen (secondary N) is 1. The van der Waals surface area contributed by atoms with Crippen LogP contribution in [0.5, 0.6) is 11.5 Å². The monoisotopic (exact) mass is 512 g/mol. The van der Waals surface area contributed by atoms with Gasteiger partial charge in [0.2, 0.25) is 0 Å². The molecule has 1 aliphatic rings. The van der Waals surface area contributed by atoms with Gasteiger partial charge in [0.05, 0.1) is 5.69 Å². The Morgan fingerprint density at radius 1 is 0.973 bits per heavy atom. The summed E-state index contributed by atoms with van der Waals surface area (Å²) in [5, 5.41) is 14.3. The van der Waals surface area contributed by atoms with E-state index in [9.17, 15) is 19.5 Å². The van der Waals surface area contributed by atoms with Crippen LogP contribution in [0.2, 0.25) is 5.02 Å². The Kier molecular flexibility index (Phi) is 6.38. The van der Waals surface area contributed by atoms with E-state index in [1.54, 1.807) is 18.2 Å². The van der Waals surface area contributed by atoms with Gasteiger partial charge in [-0.2, -0.15) is 0 Å². The van der Waals surface area contributed by atoms with Crippen LogP contribution >= 0.6 is 11.6 Å². The minimum absolute atomic E-state index is 0.0254. The molecule has 0 bridgehead atoms. The summed E-state index contributed by atoms with van der Waals surface area (Å²) < 4.78 is 6.17. The Morgan fingerprint density at radius 2 is 1.73 bits per heavy atom. The zero-order valence-corrected chi connectivity index (χ0v) is 20.5. The minimum Gasteiger partial charge on any atom is -0.508 e. The maximum Gasteiger partial charge on any atom is 0.335 e. The highest BCUT2D eigenvalue weighted by Crippen LogP contribution is 2.30. The quantitative estimate of drug-likeness (QED) is 0.262. The molecule has 0 saturated carbocycles. The number of phenols is 1. The normalized spacial score (nSPS) is 14.8. The Bertz CT molecular complexity index is 1590. The second kappa shape index (κ2) is 9.79. The van der Waals surface area contributed by atoms with Gasteiger partial charge in [-0.05, 0) is 71.8 Å². The number of carbonyl (C=O) groups is 3. The van der Waals surface area contributed by atoms with Crippen LogP contribution in [0.15, 0.2) is 84.4 Å². The van der Waals surface area contributed by atoms with Crippen molar-refractivity contribution in [3.63, 3.8) is 0 Å². The van der Waals surface area contributed by atoms with Crippen molar-refractivity contribution < 1.29 is 24.2 Å². The number of anilines is 1. The molecule has 0 aromatic heterocycles. The van der Waals surface area contributed by atoms with Crippen LogP contribution in [0.4, 0.5) is 10.5 Å². The highest BCUT2D eigenvalue weighted by molar-refractivity contribution is 6.39. The number of benzene rings is 4. The first-order chi connectivity index (χ1) is 17.8. The first-order valence-electron chi connectivity index (χ1n) is 11.4. The average Bonchev–Trinajstić information content (AvgIpc) is 2.88. The van der Waals surface area contributed by atoms with Crippen LogP contribution in [0, 0.1) is 6.92 Å². The van der Waals surface area contributed by atoms with Gasteiger partial charge in [-0.3, -0.25) is 14.9 Å². The van der Waals surface area contributed by atoms with Gasteiger partial charge in [-0.15, -0.1) is 0 Å². The van der Waals surface area contributed by atoms with Crippen LogP contribution in [0.1, 0.15) is 16.7 Å². The molecule has 1 heterocycles. The summed E-state index contributed by atoms with van der Waals surface area (Å²) in [6.45, 7) is 2.26. The molecule has 0 unspecified atom stereocenters. The van der Waals surface area contributed by atoms with Gasteiger partial charge in [0.1, 0.15) is 23.7 Å². The predicted octanol–water partition coefficient (Wildman–Crippen LogP) is 5.75. The molecule has 7 nitrogen and oxygen atoms in total. The number of fused-ring (bicyclic) bond motifs is 1. The number of hydrogen-bond acceptors (Lipinski definition) is 5. The predicted molar refractivity (Wildman–Crippen MR) is 142 cm³/mol. The van der Waals surface area contributed by atoms with Crippen molar-refractivity contribution in [1.82, 2.24) is 5.32 Å². The Labute approximate surface area is 217 Å². The number of phenolic OH excluding ortho intramolecular Hbond substituents is 1. The minimum atomic E-state index is -0.883. The molecule has 184 valence electrons. The van der Waals surface area contributed by atoms with E-state index in [0.717, 1.165) is 26.8 Å². The summed E-state index contributed by atoms with van der Waals surface area (Å²) in [5.74, 6) is -1.25. The molecule has 8 heteroatoms. The van der Waals surface area contributed by atoms with Crippen molar-refractivity contribution >= 4 is 52.0 Å². The molecule has 1 aliphatic heterocycles. The van der Waals surface area contributed by atoms with Gasteiger partial charge < -0.3 is 9.84 Å². The molecular formula is C29H21ClN2O5. The van der Waals surface area contributed by atoms with Crippen LogP contribution in [0.3, 0.4) is 0 Å². The number of halogens is 1. The van der Waals surface area contributed by atoms with Gasteiger partial charge in [-0.1, -0.05) is 48.0 Å². The van der Waals surface area contributed by atoms with E-state index in [4.69, 9.17) is 16.3 Å². The van der Waals surface area contributed by atoms with E-state index in [2.05, 4.69) is 11.4 Å². The number of hydrogen-bond donors (Lipinski definition) is 2. The molecular weight excluding hydrogens is 492 g/mol. The maximum absolute atomic E-state index is 13.2. The lowest BCUT2D eigenvalue weighted by Crippen LogP contribution is -2.54. The van der Waals surface area contributed by atoms with Gasteiger partial charge in [-0.25, -0.2) is 9.69 Å². The zero-order valence-electron chi connectivity index (χ0n) is 19.7. The van der Waals surface area contributed by atoms with Crippen molar-refractivity contribution in [3.8, 4) is 11.5 Å². The Balaban J connectivity index is 1.49. The first kappa shape index (κ1) is 24.1.